The van der Waals surface area contributed by atoms with Crippen molar-refractivity contribution in [2.45, 2.75) is 38.8 Å². The van der Waals surface area contributed by atoms with Crippen LogP contribution in [0.4, 0.5) is 5.82 Å². The first kappa shape index (κ1) is 21.7. The lowest BCUT2D eigenvalue weighted by atomic mass is 10.0. The molecule has 3 heterocycles. The van der Waals surface area contributed by atoms with E-state index in [1.54, 1.807) is 12.4 Å². The molecule has 1 aliphatic rings. The Labute approximate surface area is 197 Å². The zero-order valence-electron chi connectivity index (χ0n) is 18.9. The predicted octanol–water partition coefficient (Wildman–Crippen LogP) is 4.40. The first-order valence-electron chi connectivity index (χ1n) is 11.4. The van der Waals surface area contributed by atoms with Crippen LogP contribution in [0.1, 0.15) is 31.0 Å². The normalized spacial score (nSPS) is 14.0. The number of pyridine rings is 1. The summed E-state index contributed by atoms with van der Waals surface area (Å²) in [5.74, 6) is 0.598. The van der Waals surface area contributed by atoms with E-state index in [0.717, 1.165) is 23.4 Å². The second kappa shape index (κ2) is 9.41. The van der Waals surface area contributed by atoms with E-state index in [-0.39, 0.29) is 11.7 Å². The number of aromatic nitrogens is 4. The van der Waals surface area contributed by atoms with E-state index in [4.69, 9.17) is 20.5 Å². The number of nitrogen functional groups attached to an aromatic ring is 1. The van der Waals surface area contributed by atoms with E-state index in [1.165, 1.54) is 18.4 Å². The van der Waals surface area contributed by atoms with Gasteiger partial charge in [-0.2, -0.15) is 5.26 Å². The van der Waals surface area contributed by atoms with Gasteiger partial charge >= 0.3 is 0 Å². The van der Waals surface area contributed by atoms with Gasteiger partial charge in [0.25, 0.3) is 0 Å². The van der Waals surface area contributed by atoms with Crippen LogP contribution in [0.5, 0.6) is 0 Å². The van der Waals surface area contributed by atoms with Gasteiger partial charge in [-0.05, 0) is 37.5 Å². The van der Waals surface area contributed by atoms with Crippen LogP contribution in [0, 0.1) is 17.2 Å². The molecule has 0 spiro atoms. The number of rotatable bonds is 8. The van der Waals surface area contributed by atoms with Crippen molar-refractivity contribution in [3.63, 3.8) is 0 Å². The van der Waals surface area contributed by atoms with Crippen LogP contribution in [0.25, 0.3) is 34.0 Å². The third kappa shape index (κ3) is 4.95. The van der Waals surface area contributed by atoms with Gasteiger partial charge in [-0.3, -0.25) is 4.98 Å². The highest BCUT2D eigenvalue weighted by Crippen LogP contribution is 2.30. The fourth-order valence-electron chi connectivity index (χ4n) is 3.69. The standard InChI is InChI=1S/C26H25N7O/c1-16(13-27)10-21-11-19(8-9-29-21)23-15-31-26(28)25(32-23)24-12-22(33-34-24)18-4-2-17(3-5-18)14-30-20-6-7-20/h2-5,8-9,11-12,15-16,20,30H,6-7,10,14H2,1H3,(H2,28,31). The topological polar surface area (TPSA) is 127 Å². The van der Waals surface area contributed by atoms with Crippen LogP contribution in [0.15, 0.2) is 59.4 Å². The van der Waals surface area contributed by atoms with Crippen LogP contribution >= 0.6 is 0 Å². The molecular weight excluding hydrogens is 426 g/mol. The van der Waals surface area contributed by atoms with Crippen LogP contribution in [0.3, 0.4) is 0 Å². The van der Waals surface area contributed by atoms with E-state index in [0.29, 0.717) is 35.3 Å². The van der Waals surface area contributed by atoms with E-state index in [9.17, 15) is 0 Å². The van der Waals surface area contributed by atoms with Crippen LogP contribution in [0.2, 0.25) is 0 Å². The summed E-state index contributed by atoms with van der Waals surface area (Å²) in [5, 5.41) is 16.8. The van der Waals surface area contributed by atoms with Gasteiger partial charge in [-0.1, -0.05) is 29.4 Å². The van der Waals surface area contributed by atoms with Crippen LogP contribution in [-0.4, -0.2) is 26.2 Å². The Kier molecular flexibility index (Phi) is 6.02. The first-order chi connectivity index (χ1) is 16.6. The molecule has 8 heteroatoms. The summed E-state index contributed by atoms with van der Waals surface area (Å²) in [4.78, 5) is 13.4. The monoisotopic (exact) mass is 451 g/mol. The minimum absolute atomic E-state index is 0.119. The van der Waals surface area contributed by atoms with Crippen molar-refractivity contribution in [3.05, 3.63) is 66.1 Å². The summed E-state index contributed by atoms with van der Waals surface area (Å²) >= 11 is 0. The lowest BCUT2D eigenvalue weighted by Crippen LogP contribution is -2.14. The zero-order chi connectivity index (χ0) is 23.5. The summed E-state index contributed by atoms with van der Waals surface area (Å²) in [6, 6.07) is 16.8. The Balaban J connectivity index is 1.37. The van der Waals surface area contributed by atoms with Gasteiger partial charge in [0.1, 0.15) is 5.69 Å². The molecule has 8 nitrogen and oxygen atoms in total. The Morgan fingerprint density at radius 3 is 2.71 bits per heavy atom. The molecule has 1 aliphatic carbocycles. The molecule has 1 aromatic carbocycles. The number of nitrogens with one attached hydrogen (secondary N) is 1. The molecule has 1 unspecified atom stereocenters. The molecule has 1 saturated carbocycles. The van der Waals surface area contributed by atoms with Crippen LogP contribution < -0.4 is 11.1 Å². The molecule has 4 aromatic rings. The van der Waals surface area contributed by atoms with E-state index < -0.39 is 0 Å². The third-order valence-electron chi connectivity index (χ3n) is 5.81. The average molecular weight is 452 g/mol. The maximum atomic E-state index is 9.09. The van der Waals surface area contributed by atoms with E-state index >= 15 is 0 Å². The molecule has 3 aromatic heterocycles. The molecule has 0 radical (unpaired) electrons. The second-order valence-electron chi connectivity index (χ2n) is 8.69. The highest BCUT2D eigenvalue weighted by atomic mass is 16.5. The minimum atomic E-state index is -0.119. The van der Waals surface area contributed by atoms with Gasteiger partial charge < -0.3 is 15.6 Å². The molecule has 170 valence electrons. The number of hydrogen-bond donors (Lipinski definition) is 2. The summed E-state index contributed by atoms with van der Waals surface area (Å²) in [7, 11) is 0. The van der Waals surface area contributed by atoms with Crippen LogP contribution in [-0.2, 0) is 13.0 Å². The number of nitrogens with zero attached hydrogens (tertiary/aromatic N) is 5. The average Bonchev–Trinajstić information content (AvgIpc) is 3.57. The SMILES string of the molecule is CC(C#N)Cc1cc(-c2cnc(N)c(-c3cc(-c4ccc(CNC5CC5)cc4)no3)n2)ccn1. The van der Waals surface area contributed by atoms with Crippen molar-refractivity contribution in [3.8, 4) is 40.0 Å². The molecule has 3 N–H and O–H groups in total. The van der Waals surface area contributed by atoms with Gasteiger partial charge in [0.05, 0.1) is 18.0 Å². The first-order valence-corrected chi connectivity index (χ1v) is 11.4. The molecule has 0 saturated heterocycles. The molecule has 0 bridgehead atoms. The van der Waals surface area contributed by atoms with Crippen molar-refractivity contribution < 1.29 is 4.52 Å². The molecular formula is C26H25N7O. The van der Waals surface area contributed by atoms with E-state index in [1.807, 2.05) is 37.3 Å². The fraction of sp³-hybridized carbons (Fsp3) is 0.269. The maximum Gasteiger partial charge on any atom is 0.189 e. The summed E-state index contributed by atoms with van der Waals surface area (Å²) < 4.78 is 5.59. The van der Waals surface area contributed by atoms with E-state index in [2.05, 4.69) is 38.6 Å². The number of nitriles is 1. The number of hydrogen-bond acceptors (Lipinski definition) is 8. The highest BCUT2D eigenvalue weighted by Gasteiger charge is 2.20. The molecule has 0 amide bonds. The van der Waals surface area contributed by atoms with Gasteiger partial charge in [-0.15, -0.1) is 0 Å². The van der Waals surface area contributed by atoms with Crippen molar-refractivity contribution >= 4 is 5.82 Å². The van der Waals surface area contributed by atoms with Crippen molar-refractivity contribution in [1.82, 2.24) is 25.4 Å². The lowest BCUT2D eigenvalue weighted by Gasteiger charge is -2.07. The van der Waals surface area contributed by atoms with Gasteiger partial charge in [0.2, 0.25) is 0 Å². The second-order valence-corrected chi connectivity index (χ2v) is 8.69. The third-order valence-corrected chi connectivity index (χ3v) is 5.81. The Hall–Kier alpha value is -4.09. The van der Waals surface area contributed by atoms with Gasteiger partial charge in [0.15, 0.2) is 17.3 Å². The lowest BCUT2D eigenvalue weighted by molar-refractivity contribution is 0.434. The molecule has 0 aliphatic heterocycles. The van der Waals surface area contributed by atoms with Crippen molar-refractivity contribution in [2.24, 2.45) is 5.92 Å². The number of nitrogens with two attached hydrogens (primary N) is 1. The maximum absolute atomic E-state index is 9.09. The Morgan fingerprint density at radius 2 is 1.94 bits per heavy atom. The Bertz CT molecular complexity index is 1340. The molecule has 1 atom stereocenters. The molecule has 1 fully saturated rings. The van der Waals surface area contributed by atoms with Gasteiger partial charge in [-0.25, -0.2) is 9.97 Å². The summed E-state index contributed by atoms with van der Waals surface area (Å²) in [5.41, 5.74) is 11.8. The molecule has 5 rings (SSSR count). The highest BCUT2D eigenvalue weighted by molar-refractivity contribution is 5.73. The summed E-state index contributed by atoms with van der Waals surface area (Å²) in [6.45, 7) is 2.75. The molecule has 34 heavy (non-hydrogen) atoms. The van der Waals surface area contributed by atoms with Gasteiger partial charge in [0, 0.05) is 54.0 Å². The van der Waals surface area contributed by atoms with Crippen molar-refractivity contribution in [2.75, 3.05) is 5.73 Å². The fourth-order valence-corrected chi connectivity index (χ4v) is 3.69. The number of benzene rings is 1. The smallest absolute Gasteiger partial charge is 0.189 e. The van der Waals surface area contributed by atoms with Crippen molar-refractivity contribution in [1.29, 1.82) is 5.26 Å². The quantitative estimate of drug-likeness (QED) is 0.404. The Morgan fingerprint density at radius 1 is 1.12 bits per heavy atom. The largest absolute Gasteiger partial charge is 0.382 e. The number of anilines is 1. The summed E-state index contributed by atoms with van der Waals surface area (Å²) in [6.07, 6.45) is 6.45. The zero-order valence-corrected chi connectivity index (χ0v) is 18.9. The minimum Gasteiger partial charge on any atom is -0.382 e. The predicted molar refractivity (Wildman–Crippen MR) is 129 cm³/mol.